The van der Waals surface area contributed by atoms with Crippen LogP contribution in [-0.4, -0.2) is 247 Å². The first-order chi connectivity index (χ1) is 56.7. The second-order valence-corrected chi connectivity index (χ2v) is 34.4. The Labute approximate surface area is 708 Å². The number of ether oxygens (including phenoxy) is 6. The lowest BCUT2D eigenvalue weighted by Gasteiger charge is -2.50. The lowest BCUT2D eigenvalue weighted by atomic mass is 9.79. The summed E-state index contributed by atoms with van der Waals surface area (Å²) in [5, 5.41) is 18.1. The van der Waals surface area contributed by atoms with Crippen LogP contribution in [0.1, 0.15) is 167 Å². The molecule has 6 N–H and O–H groups in total. The van der Waals surface area contributed by atoms with Crippen LogP contribution >= 0.6 is 34.8 Å². The number of nitrogens with one attached hydrogen (secondary N) is 3. The normalized spacial score (nSPS) is 23.3. The van der Waals surface area contributed by atoms with Gasteiger partial charge in [-0.15, -0.1) is 0 Å². The van der Waals surface area contributed by atoms with Gasteiger partial charge in [0.05, 0.1) is 71.6 Å². The maximum atomic E-state index is 14.1. The molecule has 9 fully saturated rings. The summed E-state index contributed by atoms with van der Waals surface area (Å²) in [4.78, 5) is 71.8. The molecule has 0 radical (unpaired) electrons. The number of halogens is 8. The van der Waals surface area contributed by atoms with Crippen LogP contribution in [0.15, 0.2) is 109 Å². The van der Waals surface area contributed by atoms with Crippen molar-refractivity contribution in [2.45, 2.75) is 170 Å². The lowest BCUT2D eigenvalue weighted by molar-refractivity contribution is -0.174. The van der Waals surface area contributed by atoms with Gasteiger partial charge in [0.2, 0.25) is 11.8 Å². The topological polar surface area (TPSA) is 239 Å². The van der Waals surface area contributed by atoms with Crippen molar-refractivity contribution in [3.05, 3.63) is 164 Å². The Kier molecular flexibility index (Phi) is 37.1. The van der Waals surface area contributed by atoms with Gasteiger partial charge in [0.15, 0.2) is 23.1 Å². The van der Waals surface area contributed by atoms with E-state index in [1.165, 1.54) is 77.7 Å². The standard InChI is InChI=1S/C30H39ClFN3O3.C22H32ClN3O2.C15H19ClO3.C13H22F3N3O.C8H7FO2.CH4O/c1-37-28-10-5-22(17-27(28)32)18-33-21-30(11-3-2-4-12-30)35-15-13-34(14-16-35)29(36)26-20-38-19-25(26)23-6-8-24(31)9-7-23;23-18-6-4-17(5-7-18)19-14-28-15-20(19)21(27)25-10-12-26(13-11-25)22(16-24)8-2-1-3-9-22;1-15(2,3)19-14(17)13-9-18-8-12(13)10-4-6-11(16)7-5-10;14-13(15,16)11(20)18-10-12(4-2-1-3-5-12)19-8-6-17-7-9-19;1-11-8-3-2-6(5-10)4-7(8)9;1-2/h5-10,17,25-26,33H,2-4,11-16,18-21H2,1H3;4-7,19-20H,1-3,8-16,24H2;4-7,12-13H,8-9H2,1-3H3;17H,1-10H2,(H,18,20);2-5H,1H3;2H,1H3/t25-,26?;19-,20+;12-,13+;;;/m000.../s1. The van der Waals surface area contributed by atoms with Crippen molar-refractivity contribution >= 4 is 64.8 Å². The number of carbonyl (C=O) groups is 5. The third-order valence-electron chi connectivity index (χ3n) is 24.7. The molecule has 6 atom stereocenters. The average molecular weight is 1710 g/mol. The number of carbonyl (C=O) groups excluding carboxylic acids is 5. The molecule has 0 bridgehead atoms. The van der Waals surface area contributed by atoms with Gasteiger partial charge in [-0.2, -0.15) is 13.2 Å². The number of aliphatic hydroxyl groups is 1. The van der Waals surface area contributed by atoms with Crippen molar-refractivity contribution in [3.8, 4) is 11.5 Å². The van der Waals surface area contributed by atoms with Crippen molar-refractivity contribution < 1.29 is 79.5 Å². The van der Waals surface area contributed by atoms with Gasteiger partial charge < -0.3 is 65.0 Å². The molecule has 3 aliphatic carbocycles. The van der Waals surface area contributed by atoms with E-state index in [1.54, 1.807) is 12.1 Å². The van der Waals surface area contributed by atoms with Crippen LogP contribution in [0.5, 0.6) is 11.5 Å². The van der Waals surface area contributed by atoms with Crippen molar-refractivity contribution in [1.29, 1.82) is 0 Å². The van der Waals surface area contributed by atoms with Gasteiger partial charge in [-0.1, -0.05) is 135 Å². The van der Waals surface area contributed by atoms with Gasteiger partial charge in [0, 0.05) is 167 Å². The zero-order chi connectivity index (χ0) is 85.1. The Balaban J connectivity index is 0.000000176. The summed E-state index contributed by atoms with van der Waals surface area (Å²) in [5.74, 6) is -2.21. The van der Waals surface area contributed by atoms with Crippen molar-refractivity contribution in [2.24, 2.45) is 23.5 Å². The highest BCUT2D eigenvalue weighted by molar-refractivity contribution is 6.31. The maximum absolute atomic E-state index is 14.1. The van der Waals surface area contributed by atoms with E-state index in [0.29, 0.717) is 68.1 Å². The molecule has 6 heterocycles. The molecule has 118 heavy (non-hydrogen) atoms. The average Bonchev–Trinajstić information content (AvgIpc) is 1.12. The van der Waals surface area contributed by atoms with Crippen LogP contribution in [0, 0.1) is 29.4 Å². The lowest BCUT2D eigenvalue weighted by Crippen LogP contribution is -2.62. The summed E-state index contributed by atoms with van der Waals surface area (Å²) < 4.78 is 96.0. The molecule has 3 amide bonds. The summed E-state index contributed by atoms with van der Waals surface area (Å²) >= 11 is 18.0. The molecule has 652 valence electrons. The zero-order valence-corrected chi connectivity index (χ0v) is 71.6. The minimum absolute atomic E-state index is 0.0483. The molecule has 0 spiro atoms. The van der Waals surface area contributed by atoms with Crippen LogP contribution in [-0.2, 0) is 44.7 Å². The smallest absolute Gasteiger partial charge is 0.471 e. The van der Waals surface area contributed by atoms with Gasteiger partial charge >= 0.3 is 18.1 Å². The largest absolute Gasteiger partial charge is 0.494 e. The van der Waals surface area contributed by atoms with Gasteiger partial charge in [-0.05, 0) is 148 Å². The van der Waals surface area contributed by atoms with Gasteiger partial charge in [-0.25, -0.2) is 8.78 Å². The first-order valence-corrected chi connectivity index (χ1v) is 42.9. The number of hydrogen-bond donors (Lipinski definition) is 5. The van der Waals surface area contributed by atoms with Crippen LogP contribution in [0.4, 0.5) is 22.0 Å². The molecule has 9 aliphatic rings. The van der Waals surface area contributed by atoms with E-state index in [2.05, 4.69) is 35.4 Å². The van der Waals surface area contributed by atoms with E-state index in [4.69, 9.17) is 69.3 Å². The molecule has 6 saturated heterocycles. The van der Waals surface area contributed by atoms with Crippen LogP contribution in [0.3, 0.4) is 0 Å². The third kappa shape index (κ3) is 26.4. The van der Waals surface area contributed by atoms with E-state index in [9.17, 15) is 45.9 Å². The SMILES string of the molecule is CC(C)(C)OC(=O)[C@@H]1COC[C@H]1c1ccc(Cl)cc1.CO.COc1ccc(C=O)cc1F.COc1ccc(CNCC2(N3CCN(C(=O)C4COC[C@H]4c4ccc(Cl)cc4)CC3)CCCCC2)cc1F.NCC1(N2CCN(C(=O)[C@@H]3COC[C@H]3c3ccc(Cl)cc3)CC2)CCCCC1.O=C(NCC1(N2CCNCC2)CCCCC1)C(F)(F)F. The Morgan fingerprint density at radius 2 is 0.907 bits per heavy atom. The number of piperazine rings is 3. The summed E-state index contributed by atoms with van der Waals surface area (Å²) in [6.07, 6.45) is 13.0. The predicted octanol–water partition coefficient (Wildman–Crippen LogP) is 13.7. The maximum Gasteiger partial charge on any atom is 0.471 e. The van der Waals surface area contributed by atoms with Crippen LogP contribution < -0.4 is 31.2 Å². The Morgan fingerprint density at radius 1 is 0.525 bits per heavy atom. The number of methoxy groups -OCH3 is 2. The molecule has 5 aromatic rings. The Bertz CT molecular complexity index is 3930. The quantitative estimate of drug-likeness (QED) is 0.0293. The van der Waals surface area contributed by atoms with E-state index in [-0.39, 0.29) is 93.8 Å². The number of aliphatic hydroxyl groups excluding tert-OH is 1. The molecule has 6 aliphatic heterocycles. The monoisotopic (exact) mass is 1710 g/mol. The number of nitrogens with zero attached hydrogens (tertiary/aromatic N) is 5. The first kappa shape index (κ1) is 95.2. The van der Waals surface area contributed by atoms with Crippen molar-refractivity contribution in [1.82, 2.24) is 40.4 Å². The van der Waals surface area contributed by atoms with E-state index in [0.717, 1.165) is 177 Å². The number of hydrogen-bond acceptors (Lipinski definition) is 18. The molecule has 0 aromatic heterocycles. The second kappa shape index (κ2) is 46.0. The highest BCUT2D eigenvalue weighted by Gasteiger charge is 2.47. The number of aldehydes is 1. The van der Waals surface area contributed by atoms with Crippen LogP contribution in [0.2, 0.25) is 15.1 Å². The Morgan fingerprint density at radius 3 is 1.30 bits per heavy atom. The number of alkyl halides is 3. The fourth-order valence-electron chi connectivity index (χ4n) is 18.1. The number of amides is 3. The van der Waals surface area contributed by atoms with E-state index < -0.39 is 23.5 Å². The number of nitrogens with two attached hydrogens (primary N) is 1. The van der Waals surface area contributed by atoms with Crippen LogP contribution in [0.25, 0.3) is 0 Å². The molecule has 3 saturated carbocycles. The third-order valence-corrected chi connectivity index (χ3v) is 25.4. The van der Waals surface area contributed by atoms with Gasteiger partial charge in [0.25, 0.3) is 0 Å². The summed E-state index contributed by atoms with van der Waals surface area (Å²) in [7, 11) is 3.86. The highest BCUT2D eigenvalue weighted by atomic mass is 35.5. The number of esters is 1. The summed E-state index contributed by atoms with van der Waals surface area (Å²) in [6.45, 7) is 21.2. The van der Waals surface area contributed by atoms with Gasteiger partial charge in [0.1, 0.15) is 11.9 Å². The minimum atomic E-state index is -4.79. The highest BCUT2D eigenvalue weighted by Crippen LogP contribution is 2.41. The molecule has 14 rings (SSSR count). The first-order valence-electron chi connectivity index (χ1n) is 41.8. The summed E-state index contributed by atoms with van der Waals surface area (Å²) in [6, 6.07) is 32.4. The van der Waals surface area contributed by atoms with E-state index in [1.807, 2.05) is 109 Å². The fourth-order valence-corrected chi connectivity index (χ4v) is 18.5. The molecular formula is C89H123Cl3F5N9O12. The fraction of sp³-hybridized carbons (Fsp3) is 0.607. The Hall–Kier alpha value is -6.63. The van der Waals surface area contributed by atoms with Gasteiger partial charge in [-0.3, -0.25) is 38.7 Å². The van der Waals surface area contributed by atoms with Crippen molar-refractivity contribution in [3.63, 3.8) is 0 Å². The molecule has 1 unspecified atom stereocenters. The summed E-state index contributed by atoms with van der Waals surface area (Å²) in [5.41, 5.74) is 10.2. The molecular weight excluding hydrogens is 1590 g/mol. The minimum Gasteiger partial charge on any atom is -0.494 e. The van der Waals surface area contributed by atoms with Crippen molar-refractivity contribution in [2.75, 3.05) is 159 Å². The molecule has 29 heteroatoms. The molecule has 5 aromatic carbocycles. The predicted molar refractivity (Wildman–Crippen MR) is 449 cm³/mol. The van der Waals surface area contributed by atoms with E-state index >= 15 is 0 Å². The second-order valence-electron chi connectivity index (χ2n) is 33.1. The number of benzene rings is 5. The zero-order valence-electron chi connectivity index (χ0n) is 69.4. The number of rotatable bonds is 19. The molecule has 21 nitrogen and oxygen atoms in total.